The summed E-state index contributed by atoms with van der Waals surface area (Å²) in [5, 5.41) is 4.36. The molecule has 6 heteroatoms. The Kier molecular flexibility index (Phi) is 4.88. The van der Waals surface area contributed by atoms with E-state index >= 15 is 0 Å². The van der Waals surface area contributed by atoms with Gasteiger partial charge in [0.15, 0.2) is 0 Å². The highest BCUT2D eigenvalue weighted by Gasteiger charge is 2.09. The monoisotopic (exact) mass is 316 g/mol. The normalized spacial score (nSPS) is 10.5. The molecule has 19 heavy (non-hydrogen) atoms. The van der Waals surface area contributed by atoms with E-state index in [1.165, 1.54) is 0 Å². The van der Waals surface area contributed by atoms with E-state index in [0.717, 1.165) is 0 Å². The molecular weight excluding hydrogens is 307 g/mol. The number of nitrogens with zero attached hydrogens (tertiary/aromatic N) is 1. The second kappa shape index (κ2) is 6.44. The number of hydrogen-bond acceptors (Lipinski definition) is 3. The number of halogens is 3. The average Bonchev–Trinajstić information content (AvgIpc) is 2.39. The zero-order valence-electron chi connectivity index (χ0n) is 10.1. The second-order valence-corrected chi connectivity index (χ2v) is 4.95. The fraction of sp³-hybridized carbons (Fsp3) is 0.154. The Bertz CT molecular complexity index is 590. The van der Waals surface area contributed by atoms with Gasteiger partial charge in [0.1, 0.15) is 10.8 Å². The van der Waals surface area contributed by atoms with Crippen LogP contribution in [0.1, 0.15) is 5.69 Å². The molecule has 0 spiro atoms. The molecule has 3 nitrogen and oxygen atoms in total. The summed E-state index contributed by atoms with van der Waals surface area (Å²) >= 11 is 18.0. The summed E-state index contributed by atoms with van der Waals surface area (Å²) in [6.45, 7) is 0.555. The van der Waals surface area contributed by atoms with Crippen molar-refractivity contribution in [3.63, 3.8) is 0 Å². The summed E-state index contributed by atoms with van der Waals surface area (Å²) in [6, 6.07) is 8.59. The SMILES string of the molecule is CNCc1nc(Oc2cccc(Cl)c2Cl)ccc1Cl. The third kappa shape index (κ3) is 3.51. The van der Waals surface area contributed by atoms with E-state index in [4.69, 9.17) is 39.5 Å². The highest BCUT2D eigenvalue weighted by molar-refractivity contribution is 6.42. The van der Waals surface area contributed by atoms with Crippen LogP contribution >= 0.6 is 34.8 Å². The number of nitrogens with one attached hydrogen (secondary N) is 1. The number of ether oxygens (including phenoxy) is 1. The van der Waals surface area contributed by atoms with Gasteiger partial charge in [0, 0.05) is 12.6 Å². The van der Waals surface area contributed by atoms with Gasteiger partial charge in [-0.1, -0.05) is 40.9 Å². The lowest BCUT2D eigenvalue weighted by molar-refractivity contribution is 0.460. The van der Waals surface area contributed by atoms with Gasteiger partial charge in [-0.25, -0.2) is 4.98 Å². The van der Waals surface area contributed by atoms with Crippen molar-refractivity contribution in [2.24, 2.45) is 0 Å². The molecule has 1 aromatic carbocycles. The standard InChI is InChI=1S/C13H11Cl3N2O/c1-17-7-10-8(14)5-6-12(18-10)19-11-4-2-3-9(15)13(11)16/h2-6,17H,7H2,1H3. The van der Waals surface area contributed by atoms with Crippen molar-refractivity contribution < 1.29 is 4.74 Å². The van der Waals surface area contributed by atoms with Gasteiger partial charge in [0.25, 0.3) is 0 Å². The third-order valence-electron chi connectivity index (χ3n) is 2.37. The van der Waals surface area contributed by atoms with Crippen LogP contribution in [0.5, 0.6) is 11.6 Å². The topological polar surface area (TPSA) is 34.2 Å². The van der Waals surface area contributed by atoms with Crippen molar-refractivity contribution in [2.75, 3.05) is 7.05 Å². The van der Waals surface area contributed by atoms with E-state index in [9.17, 15) is 0 Å². The molecule has 0 saturated carbocycles. The quantitative estimate of drug-likeness (QED) is 0.898. The van der Waals surface area contributed by atoms with Crippen LogP contribution in [0.15, 0.2) is 30.3 Å². The highest BCUT2D eigenvalue weighted by Crippen LogP contribution is 2.34. The van der Waals surface area contributed by atoms with Crippen molar-refractivity contribution in [3.8, 4) is 11.6 Å². The third-order valence-corrected chi connectivity index (χ3v) is 3.51. The van der Waals surface area contributed by atoms with Gasteiger partial charge >= 0.3 is 0 Å². The second-order valence-electron chi connectivity index (χ2n) is 3.76. The summed E-state index contributed by atoms with van der Waals surface area (Å²) in [5.41, 5.74) is 0.708. The van der Waals surface area contributed by atoms with Gasteiger partial charge in [-0.2, -0.15) is 0 Å². The molecule has 2 aromatic rings. The number of aromatic nitrogens is 1. The minimum Gasteiger partial charge on any atom is -0.437 e. The van der Waals surface area contributed by atoms with Gasteiger partial charge in [0.05, 0.1) is 15.7 Å². The van der Waals surface area contributed by atoms with Crippen molar-refractivity contribution in [1.29, 1.82) is 0 Å². The molecule has 100 valence electrons. The zero-order chi connectivity index (χ0) is 13.8. The van der Waals surface area contributed by atoms with Crippen LogP contribution in [0.2, 0.25) is 15.1 Å². The fourth-order valence-electron chi connectivity index (χ4n) is 1.49. The molecule has 2 rings (SSSR count). The van der Waals surface area contributed by atoms with Crippen molar-refractivity contribution in [3.05, 3.63) is 51.1 Å². The van der Waals surface area contributed by atoms with Crippen molar-refractivity contribution in [1.82, 2.24) is 10.3 Å². The molecule has 0 radical (unpaired) electrons. The molecule has 1 heterocycles. The Morgan fingerprint density at radius 1 is 1.11 bits per heavy atom. The van der Waals surface area contributed by atoms with Crippen LogP contribution in [0.25, 0.3) is 0 Å². The Morgan fingerprint density at radius 3 is 2.63 bits per heavy atom. The van der Waals surface area contributed by atoms with E-state index in [1.54, 1.807) is 30.3 Å². The average molecular weight is 318 g/mol. The lowest BCUT2D eigenvalue weighted by Gasteiger charge is -2.09. The molecule has 1 aromatic heterocycles. The summed E-state index contributed by atoms with van der Waals surface area (Å²) in [7, 11) is 1.82. The minimum absolute atomic E-state index is 0.357. The van der Waals surface area contributed by atoms with E-state index < -0.39 is 0 Å². The smallest absolute Gasteiger partial charge is 0.219 e. The van der Waals surface area contributed by atoms with Crippen LogP contribution < -0.4 is 10.1 Å². The Labute approximate surface area is 126 Å². The molecule has 0 fully saturated rings. The van der Waals surface area contributed by atoms with Gasteiger partial charge in [-0.05, 0) is 25.2 Å². The van der Waals surface area contributed by atoms with Crippen molar-refractivity contribution in [2.45, 2.75) is 6.54 Å². The fourth-order valence-corrected chi connectivity index (χ4v) is 1.99. The predicted molar refractivity (Wildman–Crippen MR) is 78.5 cm³/mol. The van der Waals surface area contributed by atoms with E-state index in [-0.39, 0.29) is 0 Å². The summed E-state index contributed by atoms with van der Waals surface area (Å²) < 4.78 is 5.62. The first kappa shape index (κ1) is 14.4. The number of benzene rings is 1. The lowest BCUT2D eigenvalue weighted by atomic mass is 10.3. The van der Waals surface area contributed by atoms with Crippen LogP contribution in [-0.4, -0.2) is 12.0 Å². The van der Waals surface area contributed by atoms with E-state index in [2.05, 4.69) is 10.3 Å². The van der Waals surface area contributed by atoms with Crippen LogP contribution in [0, 0.1) is 0 Å². The summed E-state index contributed by atoms with van der Waals surface area (Å²) in [6.07, 6.45) is 0. The minimum atomic E-state index is 0.357. The molecule has 0 unspecified atom stereocenters. The van der Waals surface area contributed by atoms with Gasteiger partial charge in [-0.15, -0.1) is 0 Å². The number of rotatable bonds is 4. The van der Waals surface area contributed by atoms with Gasteiger partial charge in [-0.3, -0.25) is 0 Å². The Hall–Kier alpha value is -1.000. The molecule has 0 saturated heterocycles. The number of hydrogen-bond donors (Lipinski definition) is 1. The first-order valence-electron chi connectivity index (χ1n) is 5.53. The molecular formula is C13H11Cl3N2O. The first-order chi connectivity index (χ1) is 9.11. The zero-order valence-corrected chi connectivity index (χ0v) is 12.4. The molecule has 0 bridgehead atoms. The maximum absolute atomic E-state index is 6.05. The molecule has 0 amide bonds. The van der Waals surface area contributed by atoms with Crippen LogP contribution in [0.3, 0.4) is 0 Å². The summed E-state index contributed by atoms with van der Waals surface area (Å²) in [5.74, 6) is 0.873. The predicted octanol–water partition coefficient (Wildman–Crippen LogP) is 4.55. The summed E-state index contributed by atoms with van der Waals surface area (Å²) in [4.78, 5) is 4.31. The van der Waals surface area contributed by atoms with Crippen LogP contribution in [0.4, 0.5) is 0 Å². The van der Waals surface area contributed by atoms with Crippen LogP contribution in [-0.2, 0) is 6.54 Å². The van der Waals surface area contributed by atoms with E-state index in [1.807, 2.05) is 7.05 Å². The maximum Gasteiger partial charge on any atom is 0.219 e. The van der Waals surface area contributed by atoms with Gasteiger partial charge in [0.2, 0.25) is 5.88 Å². The Morgan fingerprint density at radius 2 is 1.89 bits per heavy atom. The maximum atomic E-state index is 6.05. The first-order valence-corrected chi connectivity index (χ1v) is 6.67. The highest BCUT2D eigenvalue weighted by atomic mass is 35.5. The Balaban J connectivity index is 2.28. The lowest BCUT2D eigenvalue weighted by Crippen LogP contribution is -2.07. The molecule has 0 aliphatic heterocycles. The van der Waals surface area contributed by atoms with Gasteiger partial charge < -0.3 is 10.1 Å². The largest absolute Gasteiger partial charge is 0.437 e. The molecule has 1 N–H and O–H groups in total. The molecule has 0 aliphatic rings. The number of pyridine rings is 1. The molecule has 0 atom stereocenters. The van der Waals surface area contributed by atoms with Crippen molar-refractivity contribution >= 4 is 34.8 Å². The molecule has 0 aliphatic carbocycles. The van der Waals surface area contributed by atoms with E-state index in [0.29, 0.717) is 38.9 Å².